The van der Waals surface area contributed by atoms with Gasteiger partial charge in [0.2, 0.25) is 0 Å². The molecule has 1 aromatic heterocycles. The minimum absolute atomic E-state index is 0.0498. The van der Waals surface area contributed by atoms with Crippen LogP contribution >= 0.6 is 35.3 Å². The molecule has 0 unspecified atom stereocenters. The van der Waals surface area contributed by atoms with Crippen molar-refractivity contribution < 1.29 is 0 Å². The summed E-state index contributed by atoms with van der Waals surface area (Å²) in [5.74, 6) is 0. The van der Waals surface area contributed by atoms with Gasteiger partial charge in [-0.25, -0.2) is 0 Å². The number of hydrogen-bond acceptors (Lipinski definition) is 4. The lowest BCUT2D eigenvalue weighted by atomic mass is 9.95. The summed E-state index contributed by atoms with van der Waals surface area (Å²) in [6, 6.07) is 2.22. The van der Waals surface area contributed by atoms with Crippen LogP contribution in [0.1, 0.15) is 18.4 Å². The fourth-order valence-corrected chi connectivity index (χ4v) is 4.36. The molecule has 1 aromatic rings. The van der Waals surface area contributed by atoms with Crippen LogP contribution in [0.3, 0.4) is 0 Å². The first-order valence-corrected chi connectivity index (χ1v) is 8.82. The lowest BCUT2D eigenvalue weighted by Gasteiger charge is -2.40. The van der Waals surface area contributed by atoms with E-state index in [4.69, 9.17) is 18.0 Å². The standard InChI is InChI=1S/C13H20N2S3/c1-17-13(12(14)16)4-7-15(8-5-13)6-2-11-3-9-18-10-11/h3,9-10H,2,4-8H2,1H3,(H2,14,16). The molecule has 100 valence electrons. The second-order valence-electron chi connectivity index (χ2n) is 4.79. The van der Waals surface area contributed by atoms with E-state index in [1.54, 1.807) is 11.3 Å². The minimum Gasteiger partial charge on any atom is -0.392 e. The number of piperidine rings is 1. The Bertz CT molecular complexity index is 381. The monoisotopic (exact) mass is 300 g/mol. The summed E-state index contributed by atoms with van der Waals surface area (Å²) in [4.78, 5) is 3.22. The van der Waals surface area contributed by atoms with E-state index in [1.807, 2.05) is 11.8 Å². The van der Waals surface area contributed by atoms with E-state index < -0.39 is 0 Å². The van der Waals surface area contributed by atoms with E-state index in [9.17, 15) is 0 Å². The highest BCUT2D eigenvalue weighted by Gasteiger charge is 2.36. The molecule has 2 nitrogen and oxygen atoms in total. The topological polar surface area (TPSA) is 29.3 Å². The van der Waals surface area contributed by atoms with E-state index >= 15 is 0 Å². The smallest absolute Gasteiger partial charge is 0.0891 e. The van der Waals surface area contributed by atoms with Gasteiger partial charge in [0.15, 0.2) is 0 Å². The number of rotatable bonds is 5. The van der Waals surface area contributed by atoms with Crippen molar-refractivity contribution in [2.45, 2.75) is 24.0 Å². The summed E-state index contributed by atoms with van der Waals surface area (Å²) >= 11 is 8.84. The average molecular weight is 301 g/mol. The number of hydrogen-bond donors (Lipinski definition) is 1. The summed E-state index contributed by atoms with van der Waals surface area (Å²) < 4.78 is 0.0498. The molecule has 18 heavy (non-hydrogen) atoms. The van der Waals surface area contributed by atoms with Crippen LogP contribution in [0.2, 0.25) is 0 Å². The number of nitrogens with zero attached hydrogens (tertiary/aromatic N) is 1. The largest absolute Gasteiger partial charge is 0.392 e. The van der Waals surface area contributed by atoms with Crippen molar-refractivity contribution in [2.75, 3.05) is 25.9 Å². The normalized spacial score (nSPS) is 19.8. The van der Waals surface area contributed by atoms with Crippen molar-refractivity contribution in [2.24, 2.45) is 5.73 Å². The maximum Gasteiger partial charge on any atom is 0.0891 e. The zero-order chi connectivity index (χ0) is 13.0. The van der Waals surface area contributed by atoms with E-state index in [1.165, 1.54) is 5.56 Å². The van der Waals surface area contributed by atoms with Gasteiger partial charge in [0.1, 0.15) is 0 Å². The fourth-order valence-electron chi connectivity index (χ4n) is 2.41. The van der Waals surface area contributed by atoms with Crippen LogP contribution in [-0.2, 0) is 6.42 Å². The third kappa shape index (κ3) is 3.26. The summed E-state index contributed by atoms with van der Waals surface area (Å²) in [5.41, 5.74) is 7.36. The molecule has 5 heteroatoms. The van der Waals surface area contributed by atoms with E-state index in [2.05, 4.69) is 28.0 Å². The highest BCUT2D eigenvalue weighted by Crippen LogP contribution is 2.34. The Labute approximate surface area is 123 Å². The first-order chi connectivity index (χ1) is 8.66. The molecule has 0 atom stereocenters. The fraction of sp³-hybridized carbons (Fsp3) is 0.615. The van der Waals surface area contributed by atoms with Gasteiger partial charge < -0.3 is 10.6 Å². The molecule has 2 N–H and O–H groups in total. The molecule has 0 spiro atoms. The number of thiophene rings is 1. The SMILES string of the molecule is CSC1(C(N)=S)CCN(CCc2ccsc2)CC1. The molecule has 1 aliphatic heterocycles. The summed E-state index contributed by atoms with van der Waals surface area (Å²) in [6.07, 6.45) is 5.46. The number of likely N-dealkylation sites (tertiary alicyclic amines) is 1. The summed E-state index contributed by atoms with van der Waals surface area (Å²) in [5, 5.41) is 4.39. The van der Waals surface area contributed by atoms with Gasteiger partial charge in [-0.1, -0.05) is 12.2 Å². The van der Waals surface area contributed by atoms with Gasteiger partial charge in [-0.05, 0) is 61.0 Å². The van der Waals surface area contributed by atoms with E-state index in [0.29, 0.717) is 4.99 Å². The molecule has 2 rings (SSSR count). The average Bonchev–Trinajstić information content (AvgIpc) is 2.90. The lowest BCUT2D eigenvalue weighted by molar-refractivity contribution is 0.223. The Morgan fingerprint density at radius 3 is 2.78 bits per heavy atom. The van der Waals surface area contributed by atoms with E-state index in [0.717, 1.165) is 38.9 Å². The first-order valence-electron chi connectivity index (χ1n) is 6.25. The van der Waals surface area contributed by atoms with Gasteiger partial charge in [0, 0.05) is 6.54 Å². The van der Waals surface area contributed by atoms with Gasteiger partial charge >= 0.3 is 0 Å². The summed E-state index contributed by atoms with van der Waals surface area (Å²) in [7, 11) is 0. The van der Waals surface area contributed by atoms with Crippen LogP contribution < -0.4 is 5.73 Å². The van der Waals surface area contributed by atoms with Crippen molar-refractivity contribution in [3.8, 4) is 0 Å². The molecule has 0 aromatic carbocycles. The Balaban J connectivity index is 1.81. The molecule has 1 fully saturated rings. The van der Waals surface area contributed by atoms with Crippen molar-refractivity contribution in [3.63, 3.8) is 0 Å². The number of thioether (sulfide) groups is 1. The molecule has 2 heterocycles. The minimum atomic E-state index is 0.0498. The van der Waals surface area contributed by atoms with Gasteiger partial charge in [0.25, 0.3) is 0 Å². The van der Waals surface area contributed by atoms with Crippen molar-refractivity contribution in [1.82, 2.24) is 4.90 Å². The molecule has 1 aliphatic rings. The molecule has 0 saturated carbocycles. The third-order valence-electron chi connectivity index (χ3n) is 3.80. The van der Waals surface area contributed by atoms with Crippen LogP contribution in [0.4, 0.5) is 0 Å². The molecule has 0 aliphatic carbocycles. The Kier molecular flexibility index (Phi) is 5.06. The van der Waals surface area contributed by atoms with Crippen LogP contribution in [-0.4, -0.2) is 40.5 Å². The predicted octanol–water partition coefficient (Wildman–Crippen LogP) is 2.77. The zero-order valence-corrected chi connectivity index (χ0v) is 13.2. The Morgan fingerprint density at radius 2 is 2.28 bits per heavy atom. The molecule has 0 bridgehead atoms. The van der Waals surface area contributed by atoms with E-state index in [-0.39, 0.29) is 4.75 Å². The predicted molar refractivity (Wildman–Crippen MR) is 86.7 cm³/mol. The van der Waals surface area contributed by atoms with Crippen molar-refractivity contribution >= 4 is 40.3 Å². The lowest BCUT2D eigenvalue weighted by Crippen LogP contribution is -2.49. The van der Waals surface area contributed by atoms with Gasteiger partial charge in [-0.3, -0.25) is 0 Å². The summed E-state index contributed by atoms with van der Waals surface area (Å²) in [6.45, 7) is 3.38. The van der Waals surface area contributed by atoms with Crippen LogP contribution in [0.5, 0.6) is 0 Å². The zero-order valence-electron chi connectivity index (χ0n) is 10.7. The molecule has 0 radical (unpaired) electrons. The molecule has 0 amide bonds. The van der Waals surface area contributed by atoms with Crippen LogP contribution in [0, 0.1) is 0 Å². The second kappa shape index (κ2) is 6.37. The number of nitrogens with two attached hydrogens (primary N) is 1. The highest BCUT2D eigenvalue weighted by molar-refractivity contribution is 8.02. The maximum atomic E-state index is 5.90. The maximum absolute atomic E-state index is 5.90. The quantitative estimate of drug-likeness (QED) is 0.847. The Hall–Kier alpha value is -0.100. The number of thiocarbonyl (C=S) groups is 1. The highest BCUT2D eigenvalue weighted by atomic mass is 32.2. The van der Waals surface area contributed by atoms with Crippen LogP contribution in [0.15, 0.2) is 16.8 Å². The Morgan fingerprint density at radius 1 is 1.56 bits per heavy atom. The third-order valence-corrected chi connectivity index (χ3v) is 6.46. The molecule has 1 saturated heterocycles. The molecular formula is C13H20N2S3. The van der Waals surface area contributed by atoms with Crippen molar-refractivity contribution in [1.29, 1.82) is 0 Å². The van der Waals surface area contributed by atoms with Gasteiger partial charge in [0.05, 0.1) is 9.74 Å². The van der Waals surface area contributed by atoms with Crippen LogP contribution in [0.25, 0.3) is 0 Å². The first kappa shape index (κ1) is 14.3. The van der Waals surface area contributed by atoms with Gasteiger partial charge in [-0.15, -0.1) is 0 Å². The molecular weight excluding hydrogens is 280 g/mol. The van der Waals surface area contributed by atoms with Gasteiger partial charge in [-0.2, -0.15) is 23.1 Å². The van der Waals surface area contributed by atoms with Crippen molar-refractivity contribution in [3.05, 3.63) is 22.4 Å². The second-order valence-corrected chi connectivity index (χ2v) is 7.20.